The standard InChI is InChI=1S/C13H12IN3O/c14-8-2-1-3-10(6-8)17-12-5-4-9(15)7-11(12)13(16)18/h1-7,17H,15H2,(H2,16,18). The molecule has 5 N–H and O–H groups in total. The van der Waals surface area contributed by atoms with Crippen LogP contribution in [-0.2, 0) is 0 Å². The molecule has 0 saturated carbocycles. The largest absolute Gasteiger partial charge is 0.399 e. The van der Waals surface area contributed by atoms with Gasteiger partial charge < -0.3 is 16.8 Å². The molecule has 2 rings (SSSR count). The van der Waals surface area contributed by atoms with Gasteiger partial charge in [-0.1, -0.05) is 6.07 Å². The van der Waals surface area contributed by atoms with E-state index in [1.807, 2.05) is 24.3 Å². The van der Waals surface area contributed by atoms with Gasteiger partial charge in [-0.25, -0.2) is 0 Å². The Kier molecular flexibility index (Phi) is 3.71. The van der Waals surface area contributed by atoms with E-state index in [-0.39, 0.29) is 0 Å². The predicted octanol–water partition coefficient (Wildman–Crippen LogP) is 2.72. The molecule has 0 atom stereocenters. The van der Waals surface area contributed by atoms with Crippen molar-refractivity contribution in [2.75, 3.05) is 11.1 Å². The van der Waals surface area contributed by atoms with E-state index in [0.29, 0.717) is 16.9 Å². The minimum atomic E-state index is -0.504. The van der Waals surface area contributed by atoms with Crippen molar-refractivity contribution in [3.8, 4) is 0 Å². The number of nitrogens with one attached hydrogen (secondary N) is 1. The summed E-state index contributed by atoms with van der Waals surface area (Å²) in [5.41, 5.74) is 13.4. The van der Waals surface area contributed by atoms with E-state index in [1.165, 1.54) is 0 Å². The maximum absolute atomic E-state index is 11.4. The maximum atomic E-state index is 11.4. The van der Waals surface area contributed by atoms with E-state index in [9.17, 15) is 4.79 Å². The van der Waals surface area contributed by atoms with Gasteiger partial charge in [0.1, 0.15) is 0 Å². The van der Waals surface area contributed by atoms with Crippen LogP contribution < -0.4 is 16.8 Å². The number of rotatable bonds is 3. The van der Waals surface area contributed by atoms with Crippen LogP contribution in [0.4, 0.5) is 17.1 Å². The number of amides is 1. The van der Waals surface area contributed by atoms with E-state index in [1.54, 1.807) is 18.2 Å². The van der Waals surface area contributed by atoms with Gasteiger partial charge in [0, 0.05) is 14.9 Å². The van der Waals surface area contributed by atoms with Gasteiger partial charge in [-0.3, -0.25) is 4.79 Å². The van der Waals surface area contributed by atoms with Crippen LogP contribution in [0.25, 0.3) is 0 Å². The smallest absolute Gasteiger partial charge is 0.250 e. The molecule has 0 heterocycles. The van der Waals surface area contributed by atoms with Crippen LogP contribution in [0.5, 0.6) is 0 Å². The molecule has 4 nitrogen and oxygen atoms in total. The van der Waals surface area contributed by atoms with Crippen LogP contribution in [0, 0.1) is 3.57 Å². The fourth-order valence-corrected chi connectivity index (χ4v) is 2.14. The lowest BCUT2D eigenvalue weighted by molar-refractivity contribution is 0.100. The summed E-state index contributed by atoms with van der Waals surface area (Å²) < 4.78 is 1.11. The van der Waals surface area contributed by atoms with Gasteiger partial charge in [-0.2, -0.15) is 0 Å². The number of anilines is 3. The molecule has 0 radical (unpaired) electrons. The molecule has 1 amide bonds. The zero-order chi connectivity index (χ0) is 13.1. The summed E-state index contributed by atoms with van der Waals surface area (Å²) in [6.45, 7) is 0. The minimum absolute atomic E-state index is 0.383. The third-order valence-electron chi connectivity index (χ3n) is 2.41. The average molecular weight is 353 g/mol. The van der Waals surface area contributed by atoms with Gasteiger partial charge in [0.2, 0.25) is 0 Å². The number of benzene rings is 2. The van der Waals surface area contributed by atoms with Gasteiger partial charge in [-0.15, -0.1) is 0 Å². The zero-order valence-electron chi connectivity index (χ0n) is 9.48. The van der Waals surface area contributed by atoms with Gasteiger partial charge in [0.25, 0.3) is 5.91 Å². The number of carbonyl (C=O) groups excluding carboxylic acids is 1. The average Bonchev–Trinajstić information content (AvgIpc) is 2.31. The number of halogens is 1. The molecule has 0 saturated heterocycles. The first-order chi connectivity index (χ1) is 8.56. The van der Waals surface area contributed by atoms with Crippen LogP contribution in [-0.4, -0.2) is 5.91 Å². The van der Waals surface area contributed by atoms with E-state index < -0.39 is 5.91 Å². The first-order valence-electron chi connectivity index (χ1n) is 5.28. The summed E-state index contributed by atoms with van der Waals surface area (Å²) in [5.74, 6) is -0.504. The Hall–Kier alpha value is -1.76. The third-order valence-corrected chi connectivity index (χ3v) is 3.08. The number of hydrogen-bond donors (Lipinski definition) is 3. The molecule has 0 aliphatic rings. The monoisotopic (exact) mass is 353 g/mol. The summed E-state index contributed by atoms with van der Waals surface area (Å²) >= 11 is 2.22. The SMILES string of the molecule is NC(=O)c1cc(N)ccc1Nc1cccc(I)c1. The molecule has 2 aromatic carbocycles. The van der Waals surface area contributed by atoms with Crippen molar-refractivity contribution >= 4 is 45.6 Å². The van der Waals surface area contributed by atoms with Crippen molar-refractivity contribution in [2.45, 2.75) is 0 Å². The van der Waals surface area contributed by atoms with Gasteiger partial charge in [-0.05, 0) is 59.0 Å². The van der Waals surface area contributed by atoms with Crippen LogP contribution in [0.1, 0.15) is 10.4 Å². The van der Waals surface area contributed by atoms with E-state index >= 15 is 0 Å². The molecular formula is C13H12IN3O. The van der Waals surface area contributed by atoms with Gasteiger partial charge >= 0.3 is 0 Å². The molecule has 0 bridgehead atoms. The Labute approximate surface area is 119 Å². The van der Waals surface area contributed by atoms with Crippen LogP contribution in [0.2, 0.25) is 0 Å². The Bertz CT molecular complexity index is 599. The van der Waals surface area contributed by atoms with Crippen LogP contribution in [0.15, 0.2) is 42.5 Å². The summed E-state index contributed by atoms with van der Waals surface area (Å²) in [6.07, 6.45) is 0. The molecule has 2 aromatic rings. The fraction of sp³-hybridized carbons (Fsp3) is 0. The van der Waals surface area contributed by atoms with Gasteiger partial charge in [0.05, 0.1) is 11.3 Å². The first-order valence-corrected chi connectivity index (χ1v) is 6.36. The Morgan fingerprint density at radius 3 is 2.61 bits per heavy atom. The summed E-state index contributed by atoms with van der Waals surface area (Å²) in [6, 6.07) is 12.9. The van der Waals surface area contributed by atoms with E-state index in [2.05, 4.69) is 27.9 Å². The number of nitrogen functional groups attached to an aromatic ring is 1. The third kappa shape index (κ3) is 2.92. The van der Waals surface area contributed by atoms with Crippen molar-refractivity contribution in [3.63, 3.8) is 0 Å². The maximum Gasteiger partial charge on any atom is 0.250 e. The second kappa shape index (κ2) is 5.26. The van der Waals surface area contributed by atoms with Gasteiger partial charge in [0.15, 0.2) is 0 Å². The molecule has 0 spiro atoms. The van der Waals surface area contributed by atoms with Crippen molar-refractivity contribution in [2.24, 2.45) is 5.73 Å². The molecule has 0 unspecified atom stereocenters. The molecule has 0 aliphatic heterocycles. The molecule has 18 heavy (non-hydrogen) atoms. The lowest BCUT2D eigenvalue weighted by Gasteiger charge is -2.11. The van der Waals surface area contributed by atoms with Crippen LogP contribution in [0.3, 0.4) is 0 Å². The molecule has 92 valence electrons. The topological polar surface area (TPSA) is 81.1 Å². The van der Waals surface area contributed by atoms with Crippen molar-refractivity contribution in [1.82, 2.24) is 0 Å². The Morgan fingerprint density at radius 1 is 1.17 bits per heavy atom. The van der Waals surface area contributed by atoms with E-state index in [0.717, 1.165) is 9.26 Å². The molecule has 0 fully saturated rings. The highest BCUT2D eigenvalue weighted by Crippen LogP contribution is 2.23. The highest BCUT2D eigenvalue weighted by Gasteiger charge is 2.08. The highest BCUT2D eigenvalue weighted by molar-refractivity contribution is 14.1. The number of primary amides is 1. The minimum Gasteiger partial charge on any atom is -0.399 e. The van der Waals surface area contributed by atoms with Crippen molar-refractivity contribution < 1.29 is 4.79 Å². The first kappa shape index (κ1) is 12.7. The highest BCUT2D eigenvalue weighted by atomic mass is 127. The lowest BCUT2D eigenvalue weighted by atomic mass is 10.1. The normalized spacial score (nSPS) is 10.1. The predicted molar refractivity (Wildman–Crippen MR) is 81.8 cm³/mol. The Morgan fingerprint density at radius 2 is 1.94 bits per heavy atom. The molecule has 0 aliphatic carbocycles. The summed E-state index contributed by atoms with van der Waals surface area (Å²) in [7, 11) is 0. The molecule has 5 heteroatoms. The zero-order valence-corrected chi connectivity index (χ0v) is 11.6. The number of carbonyl (C=O) groups is 1. The van der Waals surface area contributed by atoms with Crippen molar-refractivity contribution in [3.05, 3.63) is 51.6 Å². The second-order valence-electron chi connectivity index (χ2n) is 3.80. The lowest BCUT2D eigenvalue weighted by Crippen LogP contribution is -2.13. The molecular weight excluding hydrogens is 341 g/mol. The van der Waals surface area contributed by atoms with Crippen molar-refractivity contribution in [1.29, 1.82) is 0 Å². The summed E-state index contributed by atoms with van der Waals surface area (Å²) in [4.78, 5) is 11.4. The Balaban J connectivity index is 2.37. The fourth-order valence-electron chi connectivity index (χ4n) is 1.60. The number of hydrogen-bond acceptors (Lipinski definition) is 3. The summed E-state index contributed by atoms with van der Waals surface area (Å²) in [5, 5.41) is 3.16. The second-order valence-corrected chi connectivity index (χ2v) is 5.05. The molecule has 0 aromatic heterocycles. The quantitative estimate of drug-likeness (QED) is 0.586. The van der Waals surface area contributed by atoms with Crippen LogP contribution >= 0.6 is 22.6 Å². The van der Waals surface area contributed by atoms with E-state index in [4.69, 9.17) is 11.5 Å². The number of nitrogens with two attached hydrogens (primary N) is 2.